The van der Waals surface area contributed by atoms with Crippen LogP contribution >= 0.6 is 0 Å². The van der Waals surface area contributed by atoms with Crippen molar-refractivity contribution in [3.05, 3.63) is 0 Å². The molecule has 3 aliphatic rings. The standard InChI is InChI=1S/C19H35N3O2/c1-13-10-14(8-9-21(13)5)20-15-11-16-6-7-17(12-15)22(16)18(23)24-19(2,3)4/h13-17,20H,6-12H2,1-5H3/t13-,14+,15?,16-,17+/m1/s1. The second-order valence-electron chi connectivity index (χ2n) is 9.16. The first-order chi connectivity index (χ1) is 11.2. The fraction of sp³-hybridized carbons (Fsp3) is 0.947. The van der Waals surface area contributed by atoms with E-state index in [1.54, 1.807) is 0 Å². The fourth-order valence-electron chi connectivity index (χ4n) is 4.70. The summed E-state index contributed by atoms with van der Waals surface area (Å²) in [6.45, 7) is 9.35. The van der Waals surface area contributed by atoms with Crippen molar-refractivity contribution in [3.63, 3.8) is 0 Å². The Morgan fingerprint density at radius 3 is 2.21 bits per heavy atom. The predicted octanol–water partition coefficient (Wildman–Crippen LogP) is 2.99. The molecule has 138 valence electrons. The third kappa shape index (κ3) is 4.05. The van der Waals surface area contributed by atoms with Gasteiger partial charge in [-0.2, -0.15) is 0 Å². The number of nitrogens with zero attached hydrogens (tertiary/aromatic N) is 2. The zero-order valence-corrected chi connectivity index (χ0v) is 16.0. The molecule has 1 amide bonds. The summed E-state index contributed by atoms with van der Waals surface area (Å²) in [6, 6.07) is 2.57. The van der Waals surface area contributed by atoms with Crippen LogP contribution in [0.25, 0.3) is 0 Å². The minimum atomic E-state index is -0.407. The predicted molar refractivity (Wildman–Crippen MR) is 96.2 cm³/mol. The number of carbonyl (C=O) groups is 1. The lowest BCUT2D eigenvalue weighted by atomic mass is 9.93. The Labute approximate surface area is 147 Å². The van der Waals surface area contributed by atoms with E-state index in [9.17, 15) is 4.79 Å². The molecule has 5 nitrogen and oxygen atoms in total. The van der Waals surface area contributed by atoms with Crippen molar-refractivity contribution in [3.8, 4) is 0 Å². The molecule has 0 aromatic heterocycles. The van der Waals surface area contributed by atoms with Gasteiger partial charge in [0.05, 0.1) is 0 Å². The van der Waals surface area contributed by atoms with Gasteiger partial charge < -0.3 is 19.9 Å². The topological polar surface area (TPSA) is 44.8 Å². The summed E-state index contributed by atoms with van der Waals surface area (Å²) in [5, 5.41) is 3.91. The molecule has 1 unspecified atom stereocenters. The van der Waals surface area contributed by atoms with Crippen LogP contribution in [0.3, 0.4) is 0 Å². The van der Waals surface area contributed by atoms with Gasteiger partial charge in [-0.05, 0) is 79.8 Å². The first-order valence-corrected chi connectivity index (χ1v) is 9.70. The molecule has 0 aromatic carbocycles. The van der Waals surface area contributed by atoms with Crippen molar-refractivity contribution in [1.82, 2.24) is 15.1 Å². The number of ether oxygens (including phenoxy) is 1. The lowest BCUT2D eigenvalue weighted by Crippen LogP contribution is -2.55. The lowest BCUT2D eigenvalue weighted by molar-refractivity contribution is 0.00372. The van der Waals surface area contributed by atoms with E-state index in [1.807, 2.05) is 25.7 Å². The molecular weight excluding hydrogens is 302 g/mol. The average molecular weight is 338 g/mol. The molecule has 5 atom stereocenters. The molecule has 3 rings (SSSR count). The Morgan fingerprint density at radius 2 is 1.67 bits per heavy atom. The molecular formula is C19H35N3O2. The summed E-state index contributed by atoms with van der Waals surface area (Å²) in [7, 11) is 2.22. The molecule has 0 saturated carbocycles. The second kappa shape index (κ2) is 6.83. The van der Waals surface area contributed by atoms with Gasteiger partial charge in [0.25, 0.3) is 0 Å². The average Bonchev–Trinajstić information content (AvgIpc) is 2.73. The largest absolute Gasteiger partial charge is 0.444 e. The summed E-state index contributed by atoms with van der Waals surface area (Å²) in [5.41, 5.74) is -0.407. The van der Waals surface area contributed by atoms with E-state index in [4.69, 9.17) is 4.74 Å². The Kier molecular flexibility index (Phi) is 5.12. The monoisotopic (exact) mass is 337 g/mol. The fourth-order valence-corrected chi connectivity index (χ4v) is 4.70. The van der Waals surface area contributed by atoms with Crippen LogP contribution in [-0.4, -0.2) is 65.3 Å². The van der Waals surface area contributed by atoms with Crippen molar-refractivity contribution in [2.24, 2.45) is 0 Å². The van der Waals surface area contributed by atoms with Gasteiger partial charge in [-0.1, -0.05) is 0 Å². The van der Waals surface area contributed by atoms with E-state index < -0.39 is 5.60 Å². The Balaban J connectivity index is 1.54. The summed E-state index contributed by atoms with van der Waals surface area (Å²) in [4.78, 5) is 17.0. The third-order valence-corrected chi connectivity index (χ3v) is 6.02. The maximum absolute atomic E-state index is 12.5. The molecule has 3 aliphatic heterocycles. The highest BCUT2D eigenvalue weighted by Crippen LogP contribution is 2.37. The van der Waals surface area contributed by atoms with Crippen LogP contribution in [0.5, 0.6) is 0 Å². The molecule has 3 fully saturated rings. The Bertz CT molecular complexity index is 448. The van der Waals surface area contributed by atoms with Crippen LogP contribution in [0.2, 0.25) is 0 Å². The molecule has 3 saturated heterocycles. The molecule has 0 spiro atoms. The summed E-state index contributed by atoms with van der Waals surface area (Å²) >= 11 is 0. The second-order valence-corrected chi connectivity index (χ2v) is 9.16. The zero-order valence-electron chi connectivity index (χ0n) is 16.0. The van der Waals surface area contributed by atoms with E-state index in [1.165, 1.54) is 19.4 Å². The van der Waals surface area contributed by atoms with E-state index >= 15 is 0 Å². The SMILES string of the molecule is C[C@@H]1C[C@@H](NC2C[C@H]3CC[C@@H](C2)N3C(=O)OC(C)(C)C)CCN1C. The van der Waals surface area contributed by atoms with Gasteiger partial charge in [0, 0.05) is 30.2 Å². The summed E-state index contributed by atoms with van der Waals surface area (Å²) in [6.07, 6.45) is 6.78. The van der Waals surface area contributed by atoms with Crippen molar-refractivity contribution in [2.75, 3.05) is 13.6 Å². The van der Waals surface area contributed by atoms with Gasteiger partial charge in [-0.15, -0.1) is 0 Å². The van der Waals surface area contributed by atoms with Gasteiger partial charge in [-0.3, -0.25) is 0 Å². The molecule has 1 N–H and O–H groups in total. The molecule has 5 heteroatoms. The number of hydrogen-bond acceptors (Lipinski definition) is 4. The number of piperidine rings is 2. The van der Waals surface area contributed by atoms with Crippen LogP contribution in [0.4, 0.5) is 4.79 Å². The van der Waals surface area contributed by atoms with Crippen LogP contribution in [-0.2, 0) is 4.74 Å². The number of amides is 1. The van der Waals surface area contributed by atoms with E-state index in [2.05, 4.69) is 24.2 Å². The lowest BCUT2D eigenvalue weighted by Gasteiger charge is -2.42. The number of rotatable bonds is 2. The number of carbonyl (C=O) groups excluding carboxylic acids is 1. The molecule has 24 heavy (non-hydrogen) atoms. The van der Waals surface area contributed by atoms with Crippen LogP contribution in [0, 0.1) is 0 Å². The third-order valence-electron chi connectivity index (χ3n) is 6.02. The van der Waals surface area contributed by atoms with Gasteiger partial charge in [0.2, 0.25) is 0 Å². The number of nitrogens with one attached hydrogen (secondary N) is 1. The van der Waals surface area contributed by atoms with Crippen molar-refractivity contribution < 1.29 is 9.53 Å². The minimum absolute atomic E-state index is 0.110. The Morgan fingerprint density at radius 1 is 1.04 bits per heavy atom. The minimum Gasteiger partial charge on any atom is -0.444 e. The quantitative estimate of drug-likeness (QED) is 0.841. The van der Waals surface area contributed by atoms with Crippen LogP contribution < -0.4 is 5.32 Å². The smallest absolute Gasteiger partial charge is 0.410 e. The van der Waals surface area contributed by atoms with Crippen LogP contribution in [0.15, 0.2) is 0 Å². The molecule has 2 bridgehead atoms. The van der Waals surface area contributed by atoms with E-state index in [-0.39, 0.29) is 6.09 Å². The molecule has 3 heterocycles. The summed E-state index contributed by atoms with van der Waals surface area (Å²) < 4.78 is 5.63. The molecule has 0 radical (unpaired) electrons. The van der Waals surface area contributed by atoms with Crippen molar-refractivity contribution >= 4 is 6.09 Å². The van der Waals surface area contributed by atoms with E-state index in [0.29, 0.717) is 30.2 Å². The van der Waals surface area contributed by atoms with Crippen molar-refractivity contribution in [1.29, 1.82) is 0 Å². The first-order valence-electron chi connectivity index (χ1n) is 9.70. The molecule has 0 aromatic rings. The Hall–Kier alpha value is -0.810. The highest BCUT2D eigenvalue weighted by Gasteiger charge is 2.45. The highest BCUT2D eigenvalue weighted by atomic mass is 16.6. The first kappa shape index (κ1) is 18.0. The zero-order chi connectivity index (χ0) is 17.5. The summed E-state index contributed by atoms with van der Waals surface area (Å²) in [5.74, 6) is 0. The van der Waals surface area contributed by atoms with Crippen molar-refractivity contribution in [2.45, 2.75) is 102 Å². The maximum Gasteiger partial charge on any atom is 0.410 e. The van der Waals surface area contributed by atoms with Gasteiger partial charge in [0.1, 0.15) is 5.60 Å². The van der Waals surface area contributed by atoms with Crippen LogP contribution in [0.1, 0.15) is 66.2 Å². The van der Waals surface area contributed by atoms with Gasteiger partial charge in [-0.25, -0.2) is 4.79 Å². The number of likely N-dealkylation sites (tertiary alicyclic amines) is 1. The number of fused-ring (bicyclic) bond motifs is 2. The highest BCUT2D eigenvalue weighted by molar-refractivity contribution is 5.69. The number of hydrogen-bond donors (Lipinski definition) is 1. The van der Waals surface area contributed by atoms with E-state index in [0.717, 1.165) is 25.7 Å². The normalized spacial score (nSPS) is 37.5. The van der Waals surface area contributed by atoms with Gasteiger partial charge in [0.15, 0.2) is 0 Å². The van der Waals surface area contributed by atoms with Gasteiger partial charge >= 0.3 is 6.09 Å². The maximum atomic E-state index is 12.5. The molecule has 0 aliphatic carbocycles.